The molecule has 0 aliphatic heterocycles. The van der Waals surface area contributed by atoms with E-state index in [0.717, 1.165) is 11.1 Å². The lowest BCUT2D eigenvalue weighted by Crippen LogP contribution is -1.96. The van der Waals surface area contributed by atoms with Gasteiger partial charge in [0, 0.05) is 11.1 Å². The van der Waals surface area contributed by atoms with Crippen LogP contribution in [0.15, 0.2) is 41.1 Å². The van der Waals surface area contributed by atoms with E-state index in [9.17, 15) is 0 Å². The molecule has 0 radical (unpaired) electrons. The summed E-state index contributed by atoms with van der Waals surface area (Å²) < 4.78 is 27.0. The zero-order valence-corrected chi connectivity index (χ0v) is 15.0. The van der Waals surface area contributed by atoms with Crippen LogP contribution in [-0.4, -0.2) is 33.4 Å². The Morgan fingerprint density at radius 2 is 1.46 bits per heavy atom. The van der Waals surface area contributed by atoms with Crippen molar-refractivity contribution in [1.82, 2.24) is 4.98 Å². The molecule has 0 aliphatic rings. The largest absolute Gasteiger partial charge is 0.495 e. The summed E-state index contributed by atoms with van der Waals surface area (Å²) in [6.07, 6.45) is 1.38. The van der Waals surface area contributed by atoms with Crippen LogP contribution in [0.3, 0.4) is 0 Å². The lowest BCUT2D eigenvalue weighted by molar-refractivity contribution is 0.324. The molecular weight excluding hydrogens is 336 g/mol. The standard InChI is InChI=1S/C19H20N2O5/c1-22-14-6-5-11(7-13(14)20)18-17(21-10-26-18)12-8-15(23-2)19(25-4)16(9-12)24-3/h5-10H,20H2,1-4H3. The number of anilines is 1. The molecule has 7 nitrogen and oxygen atoms in total. The predicted octanol–water partition coefficient (Wildman–Crippen LogP) is 3.63. The highest BCUT2D eigenvalue weighted by Gasteiger charge is 2.19. The van der Waals surface area contributed by atoms with Crippen molar-refractivity contribution in [2.24, 2.45) is 0 Å². The Kier molecular flexibility index (Phi) is 4.88. The molecule has 0 fully saturated rings. The highest BCUT2D eigenvalue weighted by Crippen LogP contribution is 2.43. The van der Waals surface area contributed by atoms with E-state index in [-0.39, 0.29) is 0 Å². The number of rotatable bonds is 6. The van der Waals surface area contributed by atoms with Gasteiger partial charge in [-0.1, -0.05) is 0 Å². The molecule has 7 heteroatoms. The van der Waals surface area contributed by atoms with Gasteiger partial charge in [0.05, 0.1) is 34.1 Å². The quantitative estimate of drug-likeness (QED) is 0.675. The molecule has 1 heterocycles. The van der Waals surface area contributed by atoms with Crippen molar-refractivity contribution < 1.29 is 23.4 Å². The third kappa shape index (κ3) is 2.99. The molecule has 1 aromatic heterocycles. The van der Waals surface area contributed by atoms with Crippen LogP contribution < -0.4 is 24.7 Å². The lowest BCUT2D eigenvalue weighted by Gasteiger charge is -2.14. The second-order valence-electron chi connectivity index (χ2n) is 5.40. The van der Waals surface area contributed by atoms with E-state index in [1.165, 1.54) is 6.39 Å². The number of hydrogen-bond acceptors (Lipinski definition) is 7. The van der Waals surface area contributed by atoms with Gasteiger partial charge in [-0.15, -0.1) is 0 Å². The van der Waals surface area contributed by atoms with Gasteiger partial charge in [0.25, 0.3) is 0 Å². The van der Waals surface area contributed by atoms with Crippen LogP contribution in [0.4, 0.5) is 5.69 Å². The first-order chi connectivity index (χ1) is 12.6. The van der Waals surface area contributed by atoms with Crippen LogP contribution in [0.5, 0.6) is 23.0 Å². The van der Waals surface area contributed by atoms with Crippen molar-refractivity contribution in [3.63, 3.8) is 0 Å². The number of nitrogens with zero attached hydrogens (tertiary/aromatic N) is 1. The van der Waals surface area contributed by atoms with E-state index in [4.69, 9.17) is 29.1 Å². The second-order valence-corrected chi connectivity index (χ2v) is 5.40. The molecule has 0 unspecified atom stereocenters. The predicted molar refractivity (Wildman–Crippen MR) is 98.0 cm³/mol. The molecule has 0 aliphatic carbocycles. The molecule has 3 aromatic rings. The summed E-state index contributed by atoms with van der Waals surface area (Å²) in [4.78, 5) is 4.35. The van der Waals surface area contributed by atoms with Crippen molar-refractivity contribution in [1.29, 1.82) is 0 Å². The fourth-order valence-electron chi connectivity index (χ4n) is 2.75. The summed E-state index contributed by atoms with van der Waals surface area (Å²) in [5, 5.41) is 0. The normalized spacial score (nSPS) is 10.5. The number of methoxy groups -OCH3 is 4. The maximum absolute atomic E-state index is 6.01. The Morgan fingerprint density at radius 3 is 2.00 bits per heavy atom. The van der Waals surface area contributed by atoms with Gasteiger partial charge in [-0.25, -0.2) is 4.98 Å². The molecule has 26 heavy (non-hydrogen) atoms. The van der Waals surface area contributed by atoms with Crippen LogP contribution in [-0.2, 0) is 0 Å². The van der Waals surface area contributed by atoms with Crippen molar-refractivity contribution in [3.05, 3.63) is 36.7 Å². The summed E-state index contributed by atoms with van der Waals surface area (Å²) in [6.45, 7) is 0. The third-order valence-electron chi connectivity index (χ3n) is 4.00. The first-order valence-corrected chi connectivity index (χ1v) is 7.80. The molecule has 0 amide bonds. The first kappa shape index (κ1) is 17.5. The Balaban J connectivity index is 2.13. The van der Waals surface area contributed by atoms with Gasteiger partial charge < -0.3 is 29.1 Å². The van der Waals surface area contributed by atoms with E-state index < -0.39 is 0 Å². The van der Waals surface area contributed by atoms with Crippen molar-refractivity contribution in [2.75, 3.05) is 34.2 Å². The number of nitrogen functional groups attached to an aromatic ring is 1. The van der Waals surface area contributed by atoms with E-state index in [1.807, 2.05) is 18.2 Å². The van der Waals surface area contributed by atoms with E-state index in [2.05, 4.69) is 4.98 Å². The molecule has 0 saturated carbocycles. The number of benzene rings is 2. The van der Waals surface area contributed by atoms with Gasteiger partial charge in [-0.3, -0.25) is 0 Å². The maximum Gasteiger partial charge on any atom is 0.203 e. The van der Waals surface area contributed by atoms with Crippen molar-refractivity contribution in [2.45, 2.75) is 0 Å². The monoisotopic (exact) mass is 356 g/mol. The zero-order chi connectivity index (χ0) is 18.7. The molecule has 2 N–H and O–H groups in total. The van der Waals surface area contributed by atoms with E-state index >= 15 is 0 Å². The highest BCUT2D eigenvalue weighted by atomic mass is 16.5. The molecule has 2 aromatic carbocycles. The molecule has 136 valence electrons. The highest BCUT2D eigenvalue weighted by molar-refractivity contribution is 5.81. The fourth-order valence-corrected chi connectivity index (χ4v) is 2.75. The average molecular weight is 356 g/mol. The third-order valence-corrected chi connectivity index (χ3v) is 4.00. The minimum absolute atomic E-state index is 0.511. The Labute approximate surface area is 151 Å². The number of aromatic nitrogens is 1. The van der Waals surface area contributed by atoms with Crippen molar-refractivity contribution in [3.8, 4) is 45.6 Å². The van der Waals surface area contributed by atoms with E-state index in [1.54, 1.807) is 40.6 Å². The van der Waals surface area contributed by atoms with Gasteiger partial charge >= 0.3 is 0 Å². The summed E-state index contributed by atoms with van der Waals surface area (Å²) in [5.74, 6) is 2.75. The Morgan fingerprint density at radius 1 is 0.808 bits per heavy atom. The van der Waals surface area contributed by atoms with Gasteiger partial charge in [0.2, 0.25) is 5.75 Å². The van der Waals surface area contributed by atoms with Crippen LogP contribution in [0.1, 0.15) is 0 Å². The molecule has 0 saturated heterocycles. The van der Waals surface area contributed by atoms with Crippen LogP contribution in [0.2, 0.25) is 0 Å². The van der Waals surface area contributed by atoms with Crippen LogP contribution in [0, 0.1) is 0 Å². The second kappa shape index (κ2) is 7.26. The van der Waals surface area contributed by atoms with E-state index in [0.29, 0.717) is 40.1 Å². The first-order valence-electron chi connectivity index (χ1n) is 7.80. The summed E-state index contributed by atoms with van der Waals surface area (Å²) >= 11 is 0. The molecule has 0 atom stereocenters. The zero-order valence-electron chi connectivity index (χ0n) is 15.0. The minimum Gasteiger partial charge on any atom is -0.495 e. The number of nitrogens with two attached hydrogens (primary N) is 1. The SMILES string of the molecule is COc1ccc(-c2ocnc2-c2cc(OC)c(OC)c(OC)c2)cc1N. The fraction of sp³-hybridized carbons (Fsp3) is 0.211. The Hall–Kier alpha value is -3.35. The van der Waals surface area contributed by atoms with Gasteiger partial charge in [0.1, 0.15) is 11.4 Å². The lowest BCUT2D eigenvalue weighted by atomic mass is 10.0. The van der Waals surface area contributed by atoms with Crippen molar-refractivity contribution >= 4 is 5.69 Å². The summed E-state index contributed by atoms with van der Waals surface area (Å²) in [5.41, 5.74) is 8.70. The van der Waals surface area contributed by atoms with Gasteiger partial charge in [-0.05, 0) is 30.3 Å². The number of oxazole rings is 1. The Bertz CT molecular complexity index is 895. The van der Waals surface area contributed by atoms with Gasteiger partial charge in [-0.2, -0.15) is 0 Å². The topological polar surface area (TPSA) is 89.0 Å². The molecule has 3 rings (SSSR count). The van der Waals surface area contributed by atoms with Crippen LogP contribution in [0.25, 0.3) is 22.6 Å². The molecule has 0 spiro atoms. The molecule has 0 bridgehead atoms. The number of hydrogen-bond donors (Lipinski definition) is 1. The molecular formula is C19H20N2O5. The van der Waals surface area contributed by atoms with Gasteiger partial charge in [0.15, 0.2) is 23.7 Å². The summed E-state index contributed by atoms with van der Waals surface area (Å²) in [7, 11) is 6.26. The smallest absolute Gasteiger partial charge is 0.203 e. The number of ether oxygens (including phenoxy) is 4. The average Bonchev–Trinajstić information content (AvgIpc) is 3.16. The van der Waals surface area contributed by atoms with Crippen LogP contribution >= 0.6 is 0 Å². The summed E-state index contributed by atoms with van der Waals surface area (Å²) in [6, 6.07) is 9.05. The minimum atomic E-state index is 0.511. The maximum atomic E-state index is 6.01.